The fraction of sp³-hybridized carbons (Fsp3) is 0. The summed E-state index contributed by atoms with van der Waals surface area (Å²) in [5.74, 6) is 0.432. The second-order valence-corrected chi connectivity index (χ2v) is 2.57. The van der Waals surface area contributed by atoms with Gasteiger partial charge in [-0.2, -0.15) is 0 Å². The molecule has 3 nitrogen and oxygen atoms in total. The molecular formula is C10H7N2O-. The maximum Gasteiger partial charge on any atom is 0.158 e. The van der Waals surface area contributed by atoms with Gasteiger partial charge in [-0.05, 0) is 6.07 Å². The molecular weight excluding hydrogens is 164 g/mol. The van der Waals surface area contributed by atoms with Crippen molar-refractivity contribution in [2.75, 3.05) is 0 Å². The van der Waals surface area contributed by atoms with Crippen LogP contribution in [0.4, 0.5) is 0 Å². The molecule has 2 rings (SSSR count). The van der Waals surface area contributed by atoms with Gasteiger partial charge in [0.2, 0.25) is 0 Å². The zero-order chi connectivity index (χ0) is 9.10. The lowest BCUT2D eigenvalue weighted by molar-refractivity contribution is -0.267. The van der Waals surface area contributed by atoms with E-state index in [1.807, 2.05) is 0 Å². The number of aromatic nitrogens is 2. The fourth-order valence-corrected chi connectivity index (χ4v) is 1.09. The molecule has 0 radical (unpaired) electrons. The minimum Gasteiger partial charge on any atom is -0.872 e. The van der Waals surface area contributed by atoms with Crippen molar-refractivity contribution in [3.63, 3.8) is 0 Å². The zero-order valence-corrected chi connectivity index (χ0v) is 6.84. The third-order valence-corrected chi connectivity index (χ3v) is 1.69. The van der Waals surface area contributed by atoms with E-state index in [0.717, 1.165) is 0 Å². The van der Waals surface area contributed by atoms with Crippen molar-refractivity contribution in [2.45, 2.75) is 0 Å². The van der Waals surface area contributed by atoms with E-state index in [4.69, 9.17) is 0 Å². The van der Waals surface area contributed by atoms with Crippen molar-refractivity contribution in [1.82, 2.24) is 9.97 Å². The Balaban J connectivity index is 2.54. The topological polar surface area (TPSA) is 48.8 Å². The van der Waals surface area contributed by atoms with Crippen molar-refractivity contribution in [2.24, 2.45) is 0 Å². The number of nitrogens with zero attached hydrogens (tertiary/aromatic N) is 2. The summed E-state index contributed by atoms with van der Waals surface area (Å²) in [7, 11) is 0. The summed E-state index contributed by atoms with van der Waals surface area (Å²) in [4.78, 5) is 8.00. The molecule has 0 saturated heterocycles. The maximum absolute atomic E-state index is 11.3. The molecule has 0 aliphatic rings. The first-order chi connectivity index (χ1) is 6.38. The first-order valence-electron chi connectivity index (χ1n) is 3.91. The third-order valence-electron chi connectivity index (χ3n) is 1.69. The predicted molar refractivity (Wildman–Crippen MR) is 46.9 cm³/mol. The molecule has 0 fully saturated rings. The van der Waals surface area contributed by atoms with Gasteiger partial charge in [0, 0.05) is 18.0 Å². The van der Waals surface area contributed by atoms with Gasteiger partial charge in [0.15, 0.2) is 5.82 Å². The van der Waals surface area contributed by atoms with Crippen LogP contribution in [-0.2, 0) is 0 Å². The minimum atomic E-state index is -0.0475. The van der Waals surface area contributed by atoms with E-state index in [1.54, 1.807) is 36.7 Å². The standard InChI is InChI=1S/C10H8N2O/c13-9-5-2-1-4-8(9)10-11-6-3-7-12-10/h1-7,13H/p-1. The number of hydrogen-bond acceptors (Lipinski definition) is 3. The fourth-order valence-electron chi connectivity index (χ4n) is 1.09. The number of hydrogen-bond donors (Lipinski definition) is 0. The van der Waals surface area contributed by atoms with Gasteiger partial charge < -0.3 is 5.11 Å². The van der Waals surface area contributed by atoms with Crippen molar-refractivity contribution in [1.29, 1.82) is 0 Å². The Labute approximate surface area is 75.7 Å². The molecule has 0 N–H and O–H groups in total. The Morgan fingerprint density at radius 2 is 1.62 bits per heavy atom. The average molecular weight is 171 g/mol. The van der Waals surface area contributed by atoms with Crippen LogP contribution in [-0.4, -0.2) is 9.97 Å². The lowest BCUT2D eigenvalue weighted by Gasteiger charge is -2.10. The molecule has 3 heteroatoms. The summed E-state index contributed by atoms with van der Waals surface area (Å²) in [6.45, 7) is 0. The summed E-state index contributed by atoms with van der Waals surface area (Å²) >= 11 is 0. The van der Waals surface area contributed by atoms with Crippen LogP contribution in [0.3, 0.4) is 0 Å². The maximum atomic E-state index is 11.3. The molecule has 1 aromatic heterocycles. The van der Waals surface area contributed by atoms with E-state index in [2.05, 4.69) is 9.97 Å². The van der Waals surface area contributed by atoms with Crippen LogP contribution < -0.4 is 5.11 Å². The predicted octanol–water partition coefficient (Wildman–Crippen LogP) is 1.22. The van der Waals surface area contributed by atoms with Gasteiger partial charge in [-0.3, -0.25) is 0 Å². The smallest absolute Gasteiger partial charge is 0.158 e. The van der Waals surface area contributed by atoms with E-state index in [9.17, 15) is 5.11 Å². The van der Waals surface area contributed by atoms with Gasteiger partial charge in [0.25, 0.3) is 0 Å². The van der Waals surface area contributed by atoms with Gasteiger partial charge in [0.05, 0.1) is 0 Å². The molecule has 0 saturated carbocycles. The molecule has 0 atom stereocenters. The third kappa shape index (κ3) is 1.49. The van der Waals surface area contributed by atoms with Crippen molar-refractivity contribution >= 4 is 0 Å². The molecule has 0 amide bonds. The number of rotatable bonds is 1. The second-order valence-electron chi connectivity index (χ2n) is 2.57. The Morgan fingerprint density at radius 3 is 2.31 bits per heavy atom. The Kier molecular flexibility index (Phi) is 1.92. The average Bonchev–Trinajstić information content (AvgIpc) is 2.20. The highest BCUT2D eigenvalue weighted by atomic mass is 16.3. The van der Waals surface area contributed by atoms with E-state index in [0.29, 0.717) is 11.4 Å². The normalized spacial score (nSPS) is 9.85. The monoisotopic (exact) mass is 171 g/mol. The first-order valence-corrected chi connectivity index (χ1v) is 3.91. The van der Waals surface area contributed by atoms with Crippen LogP contribution in [0.2, 0.25) is 0 Å². The van der Waals surface area contributed by atoms with E-state index in [-0.39, 0.29) is 5.75 Å². The largest absolute Gasteiger partial charge is 0.872 e. The van der Waals surface area contributed by atoms with Crippen LogP contribution >= 0.6 is 0 Å². The van der Waals surface area contributed by atoms with E-state index >= 15 is 0 Å². The molecule has 0 bridgehead atoms. The molecule has 1 heterocycles. The molecule has 0 aliphatic carbocycles. The van der Waals surface area contributed by atoms with Crippen LogP contribution in [0, 0.1) is 0 Å². The SMILES string of the molecule is [O-]c1ccccc1-c1ncccn1. The first kappa shape index (κ1) is 7.73. The molecule has 13 heavy (non-hydrogen) atoms. The van der Waals surface area contributed by atoms with Crippen LogP contribution in [0.1, 0.15) is 0 Å². The van der Waals surface area contributed by atoms with Gasteiger partial charge >= 0.3 is 0 Å². The lowest BCUT2D eigenvalue weighted by atomic mass is 10.2. The molecule has 0 aliphatic heterocycles. The zero-order valence-electron chi connectivity index (χ0n) is 6.84. The molecule has 1 aromatic carbocycles. The molecule has 64 valence electrons. The Hall–Kier alpha value is -1.90. The van der Waals surface area contributed by atoms with E-state index in [1.165, 1.54) is 6.07 Å². The lowest BCUT2D eigenvalue weighted by Crippen LogP contribution is -1.95. The van der Waals surface area contributed by atoms with Crippen molar-refractivity contribution < 1.29 is 5.11 Å². The highest BCUT2D eigenvalue weighted by Crippen LogP contribution is 2.21. The second kappa shape index (κ2) is 3.23. The quantitative estimate of drug-likeness (QED) is 0.648. The summed E-state index contributed by atoms with van der Waals surface area (Å²) in [6.07, 6.45) is 3.24. The molecule has 0 unspecified atom stereocenters. The van der Waals surface area contributed by atoms with Crippen molar-refractivity contribution in [3.8, 4) is 17.1 Å². The number of benzene rings is 1. The Morgan fingerprint density at radius 1 is 0.923 bits per heavy atom. The summed E-state index contributed by atoms with van der Waals surface area (Å²) in [5.41, 5.74) is 0.545. The van der Waals surface area contributed by atoms with Crippen LogP contribution in [0.25, 0.3) is 11.4 Å². The van der Waals surface area contributed by atoms with Crippen LogP contribution in [0.15, 0.2) is 42.7 Å². The van der Waals surface area contributed by atoms with Crippen LogP contribution in [0.5, 0.6) is 5.75 Å². The van der Waals surface area contributed by atoms with Gasteiger partial charge in [-0.15, -0.1) is 0 Å². The molecule has 2 aromatic rings. The number of para-hydroxylation sites is 1. The highest BCUT2D eigenvalue weighted by Gasteiger charge is 1.98. The molecule has 0 spiro atoms. The summed E-state index contributed by atoms with van der Waals surface area (Å²) in [5, 5.41) is 11.3. The minimum absolute atomic E-state index is 0.0475. The van der Waals surface area contributed by atoms with Gasteiger partial charge in [0.1, 0.15) is 0 Å². The van der Waals surface area contributed by atoms with Gasteiger partial charge in [-0.1, -0.05) is 30.0 Å². The van der Waals surface area contributed by atoms with Gasteiger partial charge in [-0.25, -0.2) is 9.97 Å². The Bertz CT molecular complexity index is 401. The van der Waals surface area contributed by atoms with Crippen molar-refractivity contribution in [3.05, 3.63) is 42.7 Å². The summed E-state index contributed by atoms with van der Waals surface area (Å²) < 4.78 is 0. The van der Waals surface area contributed by atoms with E-state index < -0.39 is 0 Å². The highest BCUT2D eigenvalue weighted by molar-refractivity contribution is 5.62. The summed E-state index contributed by atoms with van der Waals surface area (Å²) in [6, 6.07) is 8.45.